The number of nitrogens with two attached hydrogens (primary N) is 1. The molecule has 1 saturated heterocycles. The number of ether oxygens (including phenoxy) is 1. The van der Waals surface area contributed by atoms with E-state index in [2.05, 4.69) is 0 Å². The first kappa shape index (κ1) is 13.5. The van der Waals surface area contributed by atoms with Crippen LogP contribution in [0.25, 0.3) is 0 Å². The molecule has 0 radical (unpaired) electrons. The minimum atomic E-state index is -0.387. The Hall–Kier alpha value is -0.610. The Morgan fingerprint density at radius 1 is 1.62 bits per heavy atom. The Labute approximate surface area is 98.1 Å². The van der Waals surface area contributed by atoms with Gasteiger partial charge in [-0.05, 0) is 19.8 Å². The first-order valence-corrected chi connectivity index (χ1v) is 6.05. The molecule has 2 unspecified atom stereocenters. The van der Waals surface area contributed by atoms with Crippen molar-refractivity contribution in [3.05, 3.63) is 0 Å². The van der Waals surface area contributed by atoms with Gasteiger partial charge in [0.15, 0.2) is 0 Å². The SMILES string of the molecule is CCC(C)(CN)C(=O)N1CCC(COC)C1. The number of amides is 1. The fourth-order valence-electron chi connectivity index (χ4n) is 2.15. The summed E-state index contributed by atoms with van der Waals surface area (Å²) in [7, 11) is 1.71. The Bertz CT molecular complexity index is 239. The number of methoxy groups -OCH3 is 1. The van der Waals surface area contributed by atoms with Gasteiger partial charge in [0.05, 0.1) is 12.0 Å². The van der Waals surface area contributed by atoms with Crippen LogP contribution in [0.4, 0.5) is 0 Å². The first-order chi connectivity index (χ1) is 7.57. The zero-order valence-electron chi connectivity index (χ0n) is 10.7. The molecule has 2 atom stereocenters. The van der Waals surface area contributed by atoms with Gasteiger partial charge in [0.25, 0.3) is 0 Å². The third-order valence-electron chi connectivity index (χ3n) is 3.72. The maximum atomic E-state index is 12.3. The van der Waals surface area contributed by atoms with Crippen molar-refractivity contribution >= 4 is 5.91 Å². The van der Waals surface area contributed by atoms with Crippen molar-refractivity contribution < 1.29 is 9.53 Å². The average molecular weight is 228 g/mol. The molecule has 4 nitrogen and oxygen atoms in total. The van der Waals surface area contributed by atoms with Crippen molar-refractivity contribution in [1.82, 2.24) is 4.90 Å². The number of nitrogens with zero attached hydrogens (tertiary/aromatic N) is 1. The monoisotopic (exact) mass is 228 g/mol. The van der Waals surface area contributed by atoms with Gasteiger partial charge in [-0.1, -0.05) is 6.92 Å². The van der Waals surface area contributed by atoms with Crippen LogP contribution in [-0.4, -0.2) is 44.2 Å². The summed E-state index contributed by atoms with van der Waals surface area (Å²) in [6.45, 7) is 6.82. The summed E-state index contributed by atoms with van der Waals surface area (Å²) in [5.74, 6) is 0.698. The molecular weight excluding hydrogens is 204 g/mol. The van der Waals surface area contributed by atoms with Gasteiger partial charge in [0, 0.05) is 32.7 Å². The summed E-state index contributed by atoms with van der Waals surface area (Å²) in [5, 5.41) is 0. The summed E-state index contributed by atoms with van der Waals surface area (Å²) in [6, 6.07) is 0. The normalized spacial score (nSPS) is 24.5. The lowest BCUT2D eigenvalue weighted by atomic mass is 9.86. The lowest BCUT2D eigenvalue weighted by molar-refractivity contribution is -0.140. The molecule has 0 aromatic heterocycles. The predicted octanol–water partition coefficient (Wildman–Crippen LogP) is 0.856. The third-order valence-corrected chi connectivity index (χ3v) is 3.72. The van der Waals surface area contributed by atoms with Crippen molar-refractivity contribution in [2.75, 3.05) is 33.4 Å². The van der Waals surface area contributed by atoms with E-state index in [1.807, 2.05) is 18.7 Å². The van der Waals surface area contributed by atoms with Crippen LogP contribution in [-0.2, 0) is 9.53 Å². The van der Waals surface area contributed by atoms with Crippen molar-refractivity contribution in [2.45, 2.75) is 26.7 Å². The minimum Gasteiger partial charge on any atom is -0.384 e. The van der Waals surface area contributed by atoms with Crippen LogP contribution in [0.2, 0.25) is 0 Å². The van der Waals surface area contributed by atoms with E-state index in [0.717, 1.165) is 32.5 Å². The molecule has 0 bridgehead atoms. The number of hydrogen-bond acceptors (Lipinski definition) is 3. The predicted molar refractivity (Wildman–Crippen MR) is 64.0 cm³/mol. The molecule has 0 spiro atoms. The van der Waals surface area contributed by atoms with Gasteiger partial charge in [-0.25, -0.2) is 0 Å². The van der Waals surface area contributed by atoms with E-state index in [9.17, 15) is 4.79 Å². The summed E-state index contributed by atoms with van der Waals surface area (Å²) >= 11 is 0. The average Bonchev–Trinajstić information content (AvgIpc) is 2.76. The molecule has 2 N–H and O–H groups in total. The van der Waals surface area contributed by atoms with Crippen molar-refractivity contribution in [3.63, 3.8) is 0 Å². The highest BCUT2D eigenvalue weighted by Gasteiger charge is 2.36. The van der Waals surface area contributed by atoms with Crippen molar-refractivity contribution in [1.29, 1.82) is 0 Å². The smallest absolute Gasteiger partial charge is 0.229 e. The minimum absolute atomic E-state index is 0.205. The number of likely N-dealkylation sites (tertiary alicyclic amines) is 1. The second kappa shape index (κ2) is 5.64. The van der Waals surface area contributed by atoms with Gasteiger partial charge in [-0.2, -0.15) is 0 Å². The third kappa shape index (κ3) is 2.74. The quantitative estimate of drug-likeness (QED) is 0.759. The molecule has 4 heteroatoms. The highest BCUT2D eigenvalue weighted by Crippen LogP contribution is 2.26. The highest BCUT2D eigenvalue weighted by atomic mass is 16.5. The van der Waals surface area contributed by atoms with E-state index >= 15 is 0 Å². The Morgan fingerprint density at radius 3 is 2.81 bits per heavy atom. The number of carbonyl (C=O) groups excluding carboxylic acids is 1. The van der Waals surface area contributed by atoms with Crippen molar-refractivity contribution in [2.24, 2.45) is 17.1 Å². The summed E-state index contributed by atoms with van der Waals surface area (Å²) < 4.78 is 5.13. The molecule has 1 fully saturated rings. The van der Waals surface area contributed by atoms with Gasteiger partial charge in [0.2, 0.25) is 5.91 Å². The van der Waals surface area contributed by atoms with Gasteiger partial charge in [-0.3, -0.25) is 4.79 Å². The zero-order valence-corrected chi connectivity index (χ0v) is 10.7. The van der Waals surface area contributed by atoms with E-state index in [0.29, 0.717) is 12.5 Å². The first-order valence-electron chi connectivity index (χ1n) is 6.05. The van der Waals surface area contributed by atoms with Crippen LogP contribution >= 0.6 is 0 Å². The maximum Gasteiger partial charge on any atom is 0.229 e. The maximum absolute atomic E-state index is 12.3. The molecule has 1 aliphatic rings. The van der Waals surface area contributed by atoms with E-state index in [-0.39, 0.29) is 11.3 Å². The van der Waals surface area contributed by atoms with Crippen LogP contribution in [0.5, 0.6) is 0 Å². The van der Waals surface area contributed by atoms with E-state index < -0.39 is 0 Å². The van der Waals surface area contributed by atoms with Crippen molar-refractivity contribution in [3.8, 4) is 0 Å². The molecule has 1 aliphatic heterocycles. The van der Waals surface area contributed by atoms with E-state index in [1.165, 1.54) is 0 Å². The molecule has 16 heavy (non-hydrogen) atoms. The van der Waals surface area contributed by atoms with Gasteiger partial charge < -0.3 is 15.4 Å². The van der Waals surface area contributed by atoms with Crippen LogP contribution in [0.3, 0.4) is 0 Å². The largest absolute Gasteiger partial charge is 0.384 e. The second-order valence-electron chi connectivity index (χ2n) is 4.98. The summed E-state index contributed by atoms with van der Waals surface area (Å²) in [6.07, 6.45) is 1.84. The summed E-state index contributed by atoms with van der Waals surface area (Å²) in [4.78, 5) is 14.2. The Kier molecular flexibility index (Phi) is 4.74. The van der Waals surface area contributed by atoms with Gasteiger partial charge >= 0.3 is 0 Å². The van der Waals surface area contributed by atoms with Crippen LogP contribution < -0.4 is 5.73 Å². The molecule has 1 heterocycles. The zero-order chi connectivity index (χ0) is 12.2. The standard InChI is InChI=1S/C12H24N2O2/c1-4-12(2,9-13)11(15)14-6-5-10(7-14)8-16-3/h10H,4-9,13H2,1-3H3. The highest BCUT2D eigenvalue weighted by molar-refractivity contribution is 5.82. The number of carbonyl (C=O) groups is 1. The molecule has 1 amide bonds. The van der Waals surface area contributed by atoms with Crippen LogP contribution in [0.1, 0.15) is 26.7 Å². The molecule has 0 aliphatic carbocycles. The van der Waals surface area contributed by atoms with Crippen LogP contribution in [0, 0.1) is 11.3 Å². The molecule has 0 aromatic rings. The Morgan fingerprint density at radius 2 is 2.31 bits per heavy atom. The van der Waals surface area contributed by atoms with E-state index in [1.54, 1.807) is 7.11 Å². The lowest BCUT2D eigenvalue weighted by Crippen LogP contribution is -2.45. The van der Waals surface area contributed by atoms with E-state index in [4.69, 9.17) is 10.5 Å². The lowest BCUT2D eigenvalue weighted by Gasteiger charge is -2.30. The molecule has 94 valence electrons. The summed E-state index contributed by atoms with van der Waals surface area (Å²) in [5.41, 5.74) is 5.32. The number of hydrogen-bond donors (Lipinski definition) is 1. The topological polar surface area (TPSA) is 55.6 Å². The van der Waals surface area contributed by atoms with Crippen LogP contribution in [0.15, 0.2) is 0 Å². The number of rotatable bonds is 5. The fourth-order valence-corrected chi connectivity index (χ4v) is 2.15. The molecular formula is C12H24N2O2. The molecule has 0 aromatic carbocycles. The fraction of sp³-hybridized carbons (Fsp3) is 0.917. The van der Waals surface area contributed by atoms with Gasteiger partial charge in [0.1, 0.15) is 0 Å². The Balaban J connectivity index is 2.56. The molecule has 0 saturated carbocycles. The second-order valence-corrected chi connectivity index (χ2v) is 4.98. The molecule has 1 rings (SSSR count). The van der Waals surface area contributed by atoms with Gasteiger partial charge in [-0.15, -0.1) is 0 Å².